The van der Waals surface area contributed by atoms with Gasteiger partial charge in [-0.1, -0.05) is 0 Å². The number of hydrogen-bond acceptors (Lipinski definition) is 7. The summed E-state index contributed by atoms with van der Waals surface area (Å²) in [5, 5.41) is 12.6. The highest BCUT2D eigenvalue weighted by Gasteiger charge is 2.40. The van der Waals surface area contributed by atoms with Crippen molar-refractivity contribution in [2.45, 2.75) is 25.2 Å². The highest BCUT2D eigenvalue weighted by Crippen LogP contribution is 2.39. The van der Waals surface area contributed by atoms with Crippen molar-refractivity contribution in [3.05, 3.63) is 83.4 Å². The molecule has 0 bridgehead atoms. The Morgan fingerprint density at radius 3 is 2.55 bits per heavy atom. The Labute approximate surface area is 226 Å². The molecule has 2 amide bonds. The molecule has 4 N–H and O–H groups in total. The van der Waals surface area contributed by atoms with Crippen LogP contribution in [0.2, 0.25) is 0 Å². The predicted molar refractivity (Wildman–Crippen MR) is 141 cm³/mol. The van der Waals surface area contributed by atoms with Gasteiger partial charge in [0.2, 0.25) is 5.91 Å². The number of rotatable bonds is 6. The second-order valence-electron chi connectivity index (χ2n) is 9.81. The molecule has 206 valence electrons. The Balaban J connectivity index is 1.34. The lowest BCUT2D eigenvalue weighted by atomic mass is 9.96. The van der Waals surface area contributed by atoms with E-state index in [0.717, 1.165) is 6.07 Å². The Morgan fingerprint density at radius 2 is 1.93 bits per heavy atom. The molecular formula is C28H24F3N5O4. The number of carbonyl (C=O) groups excluding carboxylic acids is 2. The molecule has 4 heterocycles. The number of halogens is 3. The minimum absolute atomic E-state index is 0.132. The van der Waals surface area contributed by atoms with E-state index in [1.807, 2.05) is 0 Å². The van der Waals surface area contributed by atoms with Gasteiger partial charge in [0.25, 0.3) is 5.91 Å². The molecule has 1 fully saturated rings. The van der Waals surface area contributed by atoms with Crippen molar-refractivity contribution in [3.8, 4) is 11.3 Å². The lowest BCUT2D eigenvalue weighted by Crippen LogP contribution is -2.61. The van der Waals surface area contributed by atoms with Crippen molar-refractivity contribution in [2.75, 3.05) is 18.8 Å². The fourth-order valence-corrected chi connectivity index (χ4v) is 4.37. The largest absolute Gasteiger partial charge is 0.459 e. The smallest absolute Gasteiger partial charge is 0.420 e. The summed E-state index contributed by atoms with van der Waals surface area (Å²) in [7, 11) is 0. The maximum absolute atomic E-state index is 13.9. The monoisotopic (exact) mass is 551 g/mol. The number of aliphatic hydroxyl groups is 1. The Bertz CT molecular complexity index is 1600. The minimum Gasteiger partial charge on any atom is -0.459 e. The van der Waals surface area contributed by atoms with E-state index in [1.165, 1.54) is 53.7 Å². The third-order valence-electron chi connectivity index (χ3n) is 6.30. The van der Waals surface area contributed by atoms with Crippen molar-refractivity contribution in [1.29, 1.82) is 0 Å². The van der Waals surface area contributed by atoms with E-state index >= 15 is 0 Å². The molecule has 5 rings (SSSR count). The number of benzene rings is 1. The zero-order valence-electron chi connectivity index (χ0n) is 21.2. The number of nitrogens with one attached hydrogen (secondary N) is 1. The highest BCUT2D eigenvalue weighted by molar-refractivity contribution is 5.95. The van der Waals surface area contributed by atoms with Crippen LogP contribution in [0.3, 0.4) is 0 Å². The molecule has 0 aliphatic carbocycles. The molecule has 4 aromatic rings. The van der Waals surface area contributed by atoms with Crippen molar-refractivity contribution in [2.24, 2.45) is 0 Å². The van der Waals surface area contributed by atoms with E-state index in [9.17, 15) is 27.9 Å². The molecule has 40 heavy (non-hydrogen) atoms. The second kappa shape index (κ2) is 10.1. The fourth-order valence-electron chi connectivity index (χ4n) is 4.37. The van der Waals surface area contributed by atoms with Gasteiger partial charge in [-0.25, -0.2) is 4.98 Å². The lowest BCUT2D eigenvalue weighted by Gasteiger charge is -2.44. The Hall–Kier alpha value is -4.71. The van der Waals surface area contributed by atoms with Crippen LogP contribution in [-0.4, -0.2) is 50.5 Å². The van der Waals surface area contributed by atoms with Gasteiger partial charge in [-0.2, -0.15) is 13.2 Å². The van der Waals surface area contributed by atoms with Gasteiger partial charge < -0.3 is 25.5 Å². The summed E-state index contributed by atoms with van der Waals surface area (Å²) in [6.45, 7) is 1.88. The van der Waals surface area contributed by atoms with Crippen LogP contribution in [0.1, 0.15) is 34.2 Å². The molecule has 12 heteroatoms. The van der Waals surface area contributed by atoms with Gasteiger partial charge in [-0.3, -0.25) is 14.6 Å². The number of β-amino-alcohol motifs (C(OH)–C–C–N with tert-alkyl or cyclic N) is 1. The quantitative estimate of drug-likeness (QED) is 0.308. The van der Waals surface area contributed by atoms with Crippen molar-refractivity contribution in [1.82, 2.24) is 20.2 Å². The topological polar surface area (TPSA) is 135 Å². The van der Waals surface area contributed by atoms with E-state index in [4.69, 9.17) is 10.2 Å². The molecule has 0 radical (unpaired) electrons. The number of nitrogen functional groups attached to an aromatic ring is 1. The van der Waals surface area contributed by atoms with E-state index in [2.05, 4.69) is 15.3 Å². The predicted octanol–water partition coefficient (Wildman–Crippen LogP) is 4.03. The van der Waals surface area contributed by atoms with Gasteiger partial charge >= 0.3 is 6.18 Å². The molecule has 0 spiro atoms. The lowest BCUT2D eigenvalue weighted by molar-refractivity contribution is -0.136. The summed E-state index contributed by atoms with van der Waals surface area (Å²) in [6.07, 6.45) is 0.860. The van der Waals surface area contributed by atoms with Gasteiger partial charge in [0.05, 0.1) is 42.1 Å². The minimum atomic E-state index is -4.72. The molecule has 3 aromatic heterocycles. The number of anilines is 1. The highest BCUT2D eigenvalue weighted by atomic mass is 19.4. The number of likely N-dealkylation sites (tertiary alicyclic amines) is 1. The maximum atomic E-state index is 13.9. The SMILES string of the molecule is CC1(O)CN(C(=O)c2ccc(-c3cc(C(F)(F)F)c4oc(CNC(=O)C=Cc5ccc(N)nc5)cc4c3)nc2)C1. The molecule has 1 aliphatic rings. The molecule has 1 aliphatic heterocycles. The zero-order chi connectivity index (χ0) is 28.7. The van der Waals surface area contributed by atoms with Crippen LogP contribution in [0.15, 0.2) is 65.4 Å². The van der Waals surface area contributed by atoms with Crippen molar-refractivity contribution >= 4 is 34.7 Å². The Morgan fingerprint density at radius 1 is 1.15 bits per heavy atom. The first kappa shape index (κ1) is 26.9. The number of carbonyl (C=O) groups is 2. The molecule has 0 atom stereocenters. The average Bonchev–Trinajstić information content (AvgIpc) is 3.31. The first-order valence-electron chi connectivity index (χ1n) is 12.2. The number of fused-ring (bicyclic) bond motifs is 1. The summed E-state index contributed by atoms with van der Waals surface area (Å²) in [5.74, 6) is -0.324. The average molecular weight is 552 g/mol. The summed E-state index contributed by atoms with van der Waals surface area (Å²) >= 11 is 0. The first-order valence-corrected chi connectivity index (χ1v) is 12.2. The normalized spacial score (nSPS) is 14.9. The summed E-state index contributed by atoms with van der Waals surface area (Å²) in [4.78, 5) is 34.3. The van der Waals surface area contributed by atoms with Crippen LogP contribution in [0, 0.1) is 0 Å². The van der Waals surface area contributed by atoms with E-state index in [1.54, 1.807) is 19.1 Å². The molecule has 0 saturated carbocycles. The van der Waals surface area contributed by atoms with Gasteiger partial charge in [0.1, 0.15) is 17.2 Å². The van der Waals surface area contributed by atoms with Crippen LogP contribution in [-0.2, 0) is 17.5 Å². The van der Waals surface area contributed by atoms with Gasteiger partial charge in [0.15, 0.2) is 0 Å². The van der Waals surface area contributed by atoms with Gasteiger partial charge in [0, 0.05) is 29.4 Å². The Kier molecular flexibility index (Phi) is 6.80. The number of amides is 2. The first-order chi connectivity index (χ1) is 18.9. The zero-order valence-corrected chi connectivity index (χ0v) is 21.2. The summed E-state index contributed by atoms with van der Waals surface area (Å²) in [6, 6.07) is 10.1. The van der Waals surface area contributed by atoms with E-state index < -0.39 is 23.2 Å². The standard InChI is InChI=1S/C28H24F3N5O4/c1-27(39)14-36(15-27)26(38)17-4-5-22(33-12-17)18-8-19-9-20(40-25(19)21(10-18)28(29,30)31)13-35-24(37)7-3-16-2-6-23(32)34-11-16/h2-12,39H,13-15H2,1H3,(H2,32,34)(H,35,37). The van der Waals surface area contributed by atoms with E-state index in [0.29, 0.717) is 11.4 Å². The number of nitrogens with two attached hydrogens (primary N) is 1. The number of hydrogen-bond donors (Lipinski definition) is 3. The number of furan rings is 1. The van der Waals surface area contributed by atoms with Crippen LogP contribution < -0.4 is 11.1 Å². The number of pyridine rings is 2. The summed E-state index contributed by atoms with van der Waals surface area (Å²) in [5.41, 5.74) is 4.58. The third kappa shape index (κ3) is 5.81. The van der Waals surface area contributed by atoms with Crippen molar-refractivity contribution in [3.63, 3.8) is 0 Å². The van der Waals surface area contributed by atoms with Crippen LogP contribution in [0.4, 0.5) is 19.0 Å². The van der Waals surface area contributed by atoms with Gasteiger partial charge in [-0.15, -0.1) is 0 Å². The fraction of sp³-hybridized carbons (Fsp3) is 0.214. The number of aromatic nitrogens is 2. The molecular weight excluding hydrogens is 527 g/mol. The maximum Gasteiger partial charge on any atom is 0.420 e. The summed E-state index contributed by atoms with van der Waals surface area (Å²) < 4.78 is 47.3. The van der Waals surface area contributed by atoms with E-state index in [-0.39, 0.29) is 59.1 Å². The van der Waals surface area contributed by atoms with Crippen LogP contribution >= 0.6 is 0 Å². The van der Waals surface area contributed by atoms with Crippen molar-refractivity contribution < 1.29 is 32.3 Å². The molecule has 1 saturated heterocycles. The van der Waals surface area contributed by atoms with Crippen LogP contribution in [0.25, 0.3) is 28.3 Å². The molecule has 0 unspecified atom stereocenters. The molecule has 9 nitrogen and oxygen atoms in total. The second-order valence-corrected chi connectivity index (χ2v) is 9.81. The van der Waals surface area contributed by atoms with Crippen LogP contribution in [0.5, 0.6) is 0 Å². The number of nitrogens with zero attached hydrogens (tertiary/aromatic N) is 3. The van der Waals surface area contributed by atoms with Gasteiger partial charge in [-0.05, 0) is 61.0 Å². The third-order valence-corrected chi connectivity index (χ3v) is 6.30. The molecule has 1 aromatic carbocycles. The number of alkyl halides is 3.